The second-order valence-electron chi connectivity index (χ2n) is 9.22. The number of hydrogen-bond acceptors (Lipinski definition) is 8. The molecule has 1 atom stereocenters. The summed E-state index contributed by atoms with van der Waals surface area (Å²) in [5.41, 5.74) is 3.03. The molecule has 1 saturated heterocycles. The molecular formula is C26H31N5O7. The minimum Gasteiger partial charge on any atom is -0.493 e. The molecule has 1 fully saturated rings. The molecule has 2 aliphatic rings. The molecule has 4 rings (SSSR count). The van der Waals surface area contributed by atoms with Crippen molar-refractivity contribution < 1.29 is 33.4 Å². The van der Waals surface area contributed by atoms with Gasteiger partial charge in [0.05, 0.1) is 36.6 Å². The Morgan fingerprint density at radius 3 is 2.68 bits per heavy atom. The van der Waals surface area contributed by atoms with E-state index >= 15 is 0 Å². The van der Waals surface area contributed by atoms with Gasteiger partial charge in [-0.3, -0.25) is 38.9 Å². The van der Waals surface area contributed by atoms with Gasteiger partial charge in [0.15, 0.2) is 0 Å². The fourth-order valence-corrected chi connectivity index (χ4v) is 4.68. The molecule has 0 bridgehead atoms. The molecule has 0 spiro atoms. The SMILES string of the molecule is COCCn1nc(C)c(CNC(=O)CCCOc2cccc3c2C(=O)N(C2CCC(=O)NC2=O)C3=O)c1C. The van der Waals surface area contributed by atoms with E-state index in [1.807, 2.05) is 18.5 Å². The van der Waals surface area contributed by atoms with Gasteiger partial charge in [-0.25, -0.2) is 0 Å². The first-order valence-electron chi connectivity index (χ1n) is 12.5. The number of ether oxygens (including phenoxy) is 2. The van der Waals surface area contributed by atoms with E-state index in [9.17, 15) is 24.0 Å². The summed E-state index contributed by atoms with van der Waals surface area (Å²) in [7, 11) is 1.63. The summed E-state index contributed by atoms with van der Waals surface area (Å²) in [5.74, 6) is -2.27. The highest BCUT2D eigenvalue weighted by Gasteiger charge is 2.46. The number of amides is 5. The summed E-state index contributed by atoms with van der Waals surface area (Å²) in [6, 6.07) is 3.63. The van der Waals surface area contributed by atoms with Gasteiger partial charge in [0.1, 0.15) is 11.8 Å². The number of aryl methyl sites for hydroxylation is 1. The van der Waals surface area contributed by atoms with E-state index in [1.165, 1.54) is 6.07 Å². The van der Waals surface area contributed by atoms with Crippen LogP contribution in [0.5, 0.6) is 5.75 Å². The Kier molecular flexibility index (Phi) is 8.20. The van der Waals surface area contributed by atoms with Crippen LogP contribution in [0.4, 0.5) is 0 Å². The topological polar surface area (TPSA) is 149 Å². The molecule has 12 nitrogen and oxygen atoms in total. The summed E-state index contributed by atoms with van der Waals surface area (Å²) in [6.45, 7) is 5.55. The Hall–Kier alpha value is -4.06. The molecule has 38 heavy (non-hydrogen) atoms. The van der Waals surface area contributed by atoms with Crippen LogP contribution in [0.1, 0.15) is 63.4 Å². The molecular weight excluding hydrogens is 494 g/mol. The minimum absolute atomic E-state index is 0.0462. The van der Waals surface area contributed by atoms with Gasteiger partial charge in [0.2, 0.25) is 17.7 Å². The fourth-order valence-electron chi connectivity index (χ4n) is 4.68. The average Bonchev–Trinajstić information content (AvgIpc) is 3.30. The minimum atomic E-state index is -1.05. The second-order valence-corrected chi connectivity index (χ2v) is 9.22. The van der Waals surface area contributed by atoms with Crippen molar-refractivity contribution in [2.75, 3.05) is 20.3 Å². The third-order valence-corrected chi connectivity index (χ3v) is 6.74. The zero-order chi connectivity index (χ0) is 27.4. The molecule has 5 amide bonds. The number of hydrogen-bond donors (Lipinski definition) is 2. The Labute approximate surface area is 219 Å². The van der Waals surface area contributed by atoms with Crippen LogP contribution in [-0.2, 0) is 32.2 Å². The maximum Gasteiger partial charge on any atom is 0.266 e. The smallest absolute Gasteiger partial charge is 0.266 e. The number of carbonyl (C=O) groups is 5. The van der Waals surface area contributed by atoms with Crippen LogP contribution >= 0.6 is 0 Å². The number of piperidine rings is 1. The number of rotatable bonds is 11. The lowest BCUT2D eigenvalue weighted by Crippen LogP contribution is -2.54. The van der Waals surface area contributed by atoms with Gasteiger partial charge < -0.3 is 14.8 Å². The van der Waals surface area contributed by atoms with E-state index in [4.69, 9.17) is 9.47 Å². The van der Waals surface area contributed by atoms with E-state index in [0.717, 1.165) is 21.9 Å². The van der Waals surface area contributed by atoms with Gasteiger partial charge in [-0.05, 0) is 38.8 Å². The Balaban J connectivity index is 1.30. The van der Waals surface area contributed by atoms with Crippen LogP contribution in [0.3, 0.4) is 0 Å². The van der Waals surface area contributed by atoms with Crippen LogP contribution in [0.15, 0.2) is 18.2 Å². The number of nitrogens with zero attached hydrogens (tertiary/aromatic N) is 3. The summed E-state index contributed by atoms with van der Waals surface area (Å²) in [6.07, 6.45) is 0.721. The van der Waals surface area contributed by atoms with E-state index in [2.05, 4.69) is 15.7 Å². The summed E-state index contributed by atoms with van der Waals surface area (Å²) in [4.78, 5) is 63.1. The fraction of sp³-hybridized carbons (Fsp3) is 0.462. The van der Waals surface area contributed by atoms with Gasteiger partial charge in [-0.15, -0.1) is 0 Å². The highest BCUT2D eigenvalue weighted by Crippen LogP contribution is 2.33. The van der Waals surface area contributed by atoms with Crippen molar-refractivity contribution in [1.29, 1.82) is 0 Å². The molecule has 2 aliphatic heterocycles. The van der Waals surface area contributed by atoms with Crippen LogP contribution < -0.4 is 15.4 Å². The lowest BCUT2D eigenvalue weighted by atomic mass is 10.0. The lowest BCUT2D eigenvalue weighted by molar-refractivity contribution is -0.136. The first-order chi connectivity index (χ1) is 18.2. The van der Waals surface area contributed by atoms with Gasteiger partial charge >= 0.3 is 0 Å². The van der Waals surface area contributed by atoms with Crippen molar-refractivity contribution in [3.8, 4) is 5.75 Å². The molecule has 0 radical (unpaired) electrons. The van der Waals surface area contributed by atoms with Crippen LogP contribution in [0.2, 0.25) is 0 Å². The van der Waals surface area contributed by atoms with Crippen molar-refractivity contribution >= 4 is 29.5 Å². The number of carbonyl (C=O) groups excluding carboxylic acids is 5. The third-order valence-electron chi connectivity index (χ3n) is 6.74. The summed E-state index contributed by atoms with van der Waals surface area (Å²) >= 11 is 0. The molecule has 0 aliphatic carbocycles. The van der Waals surface area contributed by atoms with Gasteiger partial charge in [-0.1, -0.05) is 6.07 Å². The third kappa shape index (κ3) is 5.44. The highest BCUT2D eigenvalue weighted by molar-refractivity contribution is 6.24. The second kappa shape index (κ2) is 11.5. The van der Waals surface area contributed by atoms with Crippen molar-refractivity contribution in [2.24, 2.45) is 0 Å². The lowest BCUT2D eigenvalue weighted by Gasteiger charge is -2.27. The number of benzene rings is 1. The number of aromatic nitrogens is 2. The van der Waals surface area contributed by atoms with Crippen LogP contribution in [0, 0.1) is 13.8 Å². The Morgan fingerprint density at radius 1 is 1.16 bits per heavy atom. The Bertz CT molecular complexity index is 1290. The molecule has 2 N–H and O–H groups in total. The van der Waals surface area contributed by atoms with E-state index in [1.54, 1.807) is 19.2 Å². The van der Waals surface area contributed by atoms with E-state index in [-0.39, 0.29) is 48.7 Å². The summed E-state index contributed by atoms with van der Waals surface area (Å²) < 4.78 is 12.7. The molecule has 1 aromatic heterocycles. The predicted octanol–water partition coefficient (Wildman–Crippen LogP) is 1.02. The number of nitrogens with one attached hydrogen (secondary N) is 2. The maximum absolute atomic E-state index is 13.1. The zero-order valence-electron chi connectivity index (χ0n) is 21.7. The first kappa shape index (κ1) is 27.0. The quantitative estimate of drug-likeness (QED) is 0.326. The van der Waals surface area contributed by atoms with Gasteiger partial charge in [-0.2, -0.15) is 5.10 Å². The van der Waals surface area contributed by atoms with Crippen molar-refractivity contribution in [3.05, 3.63) is 46.3 Å². The zero-order valence-corrected chi connectivity index (χ0v) is 21.7. The Morgan fingerprint density at radius 2 is 1.95 bits per heavy atom. The molecule has 0 saturated carbocycles. The molecule has 1 unspecified atom stereocenters. The van der Waals surface area contributed by atoms with Gasteiger partial charge in [0, 0.05) is 37.8 Å². The van der Waals surface area contributed by atoms with Gasteiger partial charge in [0.25, 0.3) is 11.8 Å². The monoisotopic (exact) mass is 525 g/mol. The highest BCUT2D eigenvalue weighted by atomic mass is 16.5. The number of imide groups is 2. The van der Waals surface area contributed by atoms with Crippen molar-refractivity contribution in [2.45, 2.75) is 58.7 Å². The average molecular weight is 526 g/mol. The largest absolute Gasteiger partial charge is 0.493 e. The molecule has 12 heteroatoms. The van der Waals surface area contributed by atoms with Crippen LogP contribution in [0.25, 0.3) is 0 Å². The molecule has 1 aromatic carbocycles. The van der Waals surface area contributed by atoms with Crippen molar-refractivity contribution in [3.63, 3.8) is 0 Å². The standard InChI is InChI=1S/C26H31N5O7/c1-15-18(16(2)30(29-15)11-13-37-3)14-27-21(32)8-5-12-38-20-7-4-6-17-23(20)26(36)31(25(17)35)19-9-10-22(33)28-24(19)34/h4,6-7,19H,5,8-14H2,1-3H3,(H,27,32)(H,28,33,34). The first-order valence-corrected chi connectivity index (χ1v) is 12.5. The van der Waals surface area contributed by atoms with Crippen molar-refractivity contribution in [1.82, 2.24) is 25.3 Å². The maximum atomic E-state index is 13.1. The van der Waals surface area contributed by atoms with E-state index in [0.29, 0.717) is 26.1 Å². The number of fused-ring (bicyclic) bond motifs is 1. The predicted molar refractivity (Wildman–Crippen MR) is 133 cm³/mol. The normalized spacial score (nSPS) is 17.0. The summed E-state index contributed by atoms with van der Waals surface area (Å²) in [5, 5.41) is 9.57. The number of methoxy groups -OCH3 is 1. The molecule has 202 valence electrons. The molecule has 3 heterocycles. The van der Waals surface area contributed by atoms with E-state index < -0.39 is 29.7 Å². The van der Waals surface area contributed by atoms with Crippen LogP contribution in [-0.4, -0.2) is 70.6 Å². The molecule has 2 aromatic rings.